The van der Waals surface area contributed by atoms with Crippen LogP contribution in [0.2, 0.25) is 0 Å². The van der Waals surface area contributed by atoms with Crippen molar-refractivity contribution in [1.82, 2.24) is 9.96 Å². The first-order valence-electron chi connectivity index (χ1n) is 8.48. The van der Waals surface area contributed by atoms with Crippen LogP contribution in [0, 0.1) is 5.92 Å². The van der Waals surface area contributed by atoms with Crippen LogP contribution in [0.1, 0.15) is 29.9 Å². The molecule has 0 unspecified atom stereocenters. The monoisotopic (exact) mass is 324 g/mol. The molecule has 1 saturated heterocycles. The third kappa shape index (κ3) is 3.60. The van der Waals surface area contributed by atoms with E-state index >= 15 is 0 Å². The molecule has 4 nitrogen and oxygen atoms in total. The molecule has 0 bridgehead atoms. The molecule has 1 aliphatic rings. The van der Waals surface area contributed by atoms with Crippen molar-refractivity contribution in [2.45, 2.75) is 18.8 Å². The summed E-state index contributed by atoms with van der Waals surface area (Å²) in [6.45, 7) is 1.37. The van der Waals surface area contributed by atoms with E-state index in [4.69, 9.17) is 0 Å². The van der Waals surface area contributed by atoms with E-state index in [1.807, 2.05) is 12.1 Å². The molecule has 0 radical (unpaired) electrons. The Bertz CT molecular complexity index is 610. The number of hydrogen-bond donors (Lipinski definition) is 1. The molecule has 2 aromatic rings. The van der Waals surface area contributed by atoms with E-state index in [2.05, 4.69) is 48.5 Å². The molecule has 2 amide bonds. The maximum atomic E-state index is 11.9. The number of rotatable bonds is 3. The highest BCUT2D eigenvalue weighted by atomic mass is 16.5. The topological polar surface area (TPSA) is 43.8 Å². The van der Waals surface area contributed by atoms with Gasteiger partial charge in [-0.05, 0) is 29.9 Å². The fourth-order valence-electron chi connectivity index (χ4n) is 3.69. The Morgan fingerprint density at radius 2 is 1.46 bits per heavy atom. The normalized spacial score (nSPS) is 15.5. The second-order valence-electron chi connectivity index (χ2n) is 6.43. The van der Waals surface area contributed by atoms with E-state index in [0.717, 1.165) is 12.8 Å². The molecule has 1 heterocycles. The molecule has 2 aromatic carbocycles. The molecular weight excluding hydrogens is 300 g/mol. The van der Waals surface area contributed by atoms with Gasteiger partial charge in [-0.1, -0.05) is 60.7 Å². The van der Waals surface area contributed by atoms with Crippen LogP contribution in [0.25, 0.3) is 0 Å². The summed E-state index contributed by atoms with van der Waals surface area (Å²) in [5.41, 5.74) is 2.65. The van der Waals surface area contributed by atoms with Crippen LogP contribution >= 0.6 is 0 Å². The van der Waals surface area contributed by atoms with Crippen LogP contribution in [0.5, 0.6) is 0 Å². The molecule has 0 aliphatic carbocycles. The lowest BCUT2D eigenvalue weighted by atomic mass is 9.76. The maximum absolute atomic E-state index is 11.9. The number of nitrogens with zero attached hydrogens (tertiary/aromatic N) is 2. The number of likely N-dealkylation sites (tertiary alicyclic amines) is 1. The van der Waals surface area contributed by atoms with Gasteiger partial charge in [0.15, 0.2) is 0 Å². The zero-order valence-electron chi connectivity index (χ0n) is 14.0. The molecule has 3 rings (SSSR count). The molecule has 1 fully saturated rings. The zero-order valence-corrected chi connectivity index (χ0v) is 14.0. The summed E-state index contributed by atoms with van der Waals surface area (Å²) in [5.74, 6) is 0.833. The first kappa shape index (κ1) is 16.5. The minimum atomic E-state index is -0.315. The van der Waals surface area contributed by atoms with E-state index in [1.165, 1.54) is 18.2 Å². The van der Waals surface area contributed by atoms with Crippen molar-refractivity contribution >= 4 is 6.03 Å². The third-order valence-electron chi connectivity index (χ3n) is 4.88. The first-order chi connectivity index (χ1) is 11.7. The number of benzene rings is 2. The Balaban J connectivity index is 1.80. The first-order valence-corrected chi connectivity index (χ1v) is 8.48. The standard InChI is InChI=1S/C20H24N2O2/c1-21(24)20(23)22-14-12-18(13-15-22)19(16-8-4-2-5-9-16)17-10-6-3-7-11-17/h2-11,18-19,24H,12-15H2,1H3. The fraction of sp³-hybridized carbons (Fsp3) is 0.350. The van der Waals surface area contributed by atoms with Gasteiger partial charge in [0.1, 0.15) is 0 Å². The third-order valence-corrected chi connectivity index (χ3v) is 4.88. The van der Waals surface area contributed by atoms with Crippen LogP contribution in [0.3, 0.4) is 0 Å². The zero-order chi connectivity index (χ0) is 16.9. The lowest BCUT2D eigenvalue weighted by Gasteiger charge is -2.37. The van der Waals surface area contributed by atoms with Crippen molar-refractivity contribution < 1.29 is 10.0 Å². The number of carbonyl (C=O) groups excluding carboxylic acids is 1. The van der Waals surface area contributed by atoms with E-state index in [0.29, 0.717) is 30.0 Å². The lowest BCUT2D eigenvalue weighted by molar-refractivity contribution is -0.0367. The molecule has 1 aliphatic heterocycles. The minimum absolute atomic E-state index is 0.315. The summed E-state index contributed by atoms with van der Waals surface area (Å²) < 4.78 is 0. The van der Waals surface area contributed by atoms with Gasteiger partial charge < -0.3 is 4.90 Å². The molecule has 0 atom stereocenters. The van der Waals surface area contributed by atoms with E-state index in [1.54, 1.807) is 4.90 Å². The second-order valence-corrected chi connectivity index (χ2v) is 6.43. The van der Waals surface area contributed by atoms with Gasteiger partial charge in [0.25, 0.3) is 0 Å². The molecule has 0 spiro atoms. The summed E-state index contributed by atoms with van der Waals surface area (Å²) in [6.07, 6.45) is 1.88. The van der Waals surface area contributed by atoms with Crippen molar-refractivity contribution in [1.29, 1.82) is 0 Å². The van der Waals surface area contributed by atoms with E-state index in [-0.39, 0.29) is 6.03 Å². The maximum Gasteiger partial charge on any atom is 0.343 e. The van der Waals surface area contributed by atoms with Gasteiger partial charge in [-0.2, -0.15) is 0 Å². The minimum Gasteiger partial charge on any atom is -0.323 e. The molecule has 0 saturated carbocycles. The quantitative estimate of drug-likeness (QED) is 0.686. The highest BCUT2D eigenvalue weighted by Gasteiger charge is 2.31. The van der Waals surface area contributed by atoms with Gasteiger partial charge in [-0.25, -0.2) is 9.86 Å². The molecule has 0 aromatic heterocycles. The Labute approximate surface area is 143 Å². The SMILES string of the molecule is CN(O)C(=O)N1CCC(C(c2ccccc2)c2ccccc2)CC1. The van der Waals surface area contributed by atoms with Crippen molar-refractivity contribution in [3.05, 3.63) is 71.8 Å². The Hall–Kier alpha value is -2.33. The van der Waals surface area contributed by atoms with Gasteiger partial charge in [0.2, 0.25) is 0 Å². The molecular formula is C20H24N2O2. The number of carbonyl (C=O) groups is 1. The van der Waals surface area contributed by atoms with E-state index < -0.39 is 0 Å². The van der Waals surface area contributed by atoms with Crippen LogP contribution in [-0.4, -0.2) is 41.3 Å². The lowest BCUT2D eigenvalue weighted by Crippen LogP contribution is -2.44. The van der Waals surface area contributed by atoms with Gasteiger partial charge in [0.05, 0.1) is 0 Å². The molecule has 4 heteroatoms. The largest absolute Gasteiger partial charge is 0.343 e. The van der Waals surface area contributed by atoms with Crippen molar-refractivity contribution in [2.75, 3.05) is 20.1 Å². The Kier molecular flexibility index (Phi) is 5.16. The smallest absolute Gasteiger partial charge is 0.323 e. The number of urea groups is 1. The Morgan fingerprint density at radius 3 is 1.88 bits per heavy atom. The van der Waals surface area contributed by atoms with Crippen molar-refractivity contribution in [2.24, 2.45) is 5.92 Å². The van der Waals surface area contributed by atoms with Crippen molar-refractivity contribution in [3.8, 4) is 0 Å². The second kappa shape index (κ2) is 7.49. The number of hydroxylamine groups is 2. The summed E-state index contributed by atoms with van der Waals surface area (Å²) in [6, 6.07) is 20.9. The number of piperidine rings is 1. The van der Waals surface area contributed by atoms with E-state index in [9.17, 15) is 10.0 Å². The summed E-state index contributed by atoms with van der Waals surface area (Å²) in [4.78, 5) is 13.6. The van der Waals surface area contributed by atoms with Gasteiger partial charge in [0, 0.05) is 26.1 Å². The van der Waals surface area contributed by atoms with Crippen LogP contribution < -0.4 is 0 Å². The average molecular weight is 324 g/mol. The van der Waals surface area contributed by atoms with Crippen LogP contribution in [0.15, 0.2) is 60.7 Å². The predicted octanol–water partition coefficient (Wildman–Crippen LogP) is 3.97. The molecule has 1 N–H and O–H groups in total. The summed E-state index contributed by atoms with van der Waals surface area (Å²) in [7, 11) is 1.38. The highest BCUT2D eigenvalue weighted by molar-refractivity contribution is 5.72. The highest BCUT2D eigenvalue weighted by Crippen LogP contribution is 2.37. The summed E-state index contributed by atoms with van der Waals surface area (Å²) in [5, 5.41) is 10.0. The Morgan fingerprint density at radius 1 is 1.00 bits per heavy atom. The predicted molar refractivity (Wildman–Crippen MR) is 94.0 cm³/mol. The van der Waals surface area contributed by atoms with Gasteiger partial charge in [-0.3, -0.25) is 5.21 Å². The van der Waals surface area contributed by atoms with Crippen molar-refractivity contribution in [3.63, 3.8) is 0 Å². The number of hydrogen-bond acceptors (Lipinski definition) is 2. The van der Waals surface area contributed by atoms with Crippen LogP contribution in [-0.2, 0) is 0 Å². The fourth-order valence-corrected chi connectivity index (χ4v) is 3.69. The van der Waals surface area contributed by atoms with Gasteiger partial charge in [-0.15, -0.1) is 0 Å². The number of amides is 2. The average Bonchev–Trinajstić information content (AvgIpc) is 2.64. The summed E-state index contributed by atoms with van der Waals surface area (Å²) >= 11 is 0. The molecule has 24 heavy (non-hydrogen) atoms. The van der Waals surface area contributed by atoms with Crippen LogP contribution in [0.4, 0.5) is 4.79 Å². The molecule has 126 valence electrons. The van der Waals surface area contributed by atoms with Gasteiger partial charge >= 0.3 is 6.03 Å².